The number of hydrogen-bond acceptors (Lipinski definition) is 3. The van der Waals surface area contributed by atoms with Crippen LogP contribution in [0.3, 0.4) is 0 Å². The summed E-state index contributed by atoms with van der Waals surface area (Å²) in [6.07, 6.45) is 2.90. The second-order valence-electron chi connectivity index (χ2n) is 8.94. The van der Waals surface area contributed by atoms with Crippen molar-refractivity contribution in [2.24, 2.45) is 4.99 Å². The number of aliphatic imine (C=N–C) groups is 1. The molecule has 2 aliphatic rings. The monoisotopic (exact) mass is 709 g/mol. The van der Waals surface area contributed by atoms with Crippen molar-refractivity contribution in [2.75, 3.05) is 18.0 Å². The number of rotatable bonds is 5. The number of benzodiazepines with no additional fused rings is 1. The maximum Gasteiger partial charge on any atom is 0.262 e. The van der Waals surface area contributed by atoms with Crippen LogP contribution in [0, 0.1) is 0 Å². The van der Waals surface area contributed by atoms with Crippen LogP contribution < -0.4 is 4.90 Å². The van der Waals surface area contributed by atoms with E-state index in [-0.39, 0.29) is 11.9 Å². The Bertz CT molecular complexity index is 1210. The SMILES string of the molecule is O=C1C(I)N=C(c2ccccc2)c2cc(Cl)ccc2N1C1CCN(C(I)Cc2ccccc2)CC1. The molecule has 0 spiro atoms. The molecule has 4 nitrogen and oxygen atoms in total. The topological polar surface area (TPSA) is 35.9 Å². The Labute approximate surface area is 239 Å². The molecule has 3 aromatic rings. The molecular formula is C28H26ClI2N3O. The number of hydrogen-bond donors (Lipinski definition) is 0. The zero-order valence-corrected chi connectivity index (χ0v) is 24.2. The predicted molar refractivity (Wildman–Crippen MR) is 161 cm³/mol. The highest BCUT2D eigenvalue weighted by Crippen LogP contribution is 2.36. The smallest absolute Gasteiger partial charge is 0.262 e. The zero-order valence-electron chi connectivity index (χ0n) is 19.2. The number of benzene rings is 3. The van der Waals surface area contributed by atoms with Gasteiger partial charge in [-0.15, -0.1) is 0 Å². The van der Waals surface area contributed by atoms with Crippen LogP contribution in [-0.4, -0.2) is 43.7 Å². The van der Waals surface area contributed by atoms with E-state index in [4.69, 9.17) is 16.6 Å². The second kappa shape index (κ2) is 11.3. The lowest BCUT2D eigenvalue weighted by Gasteiger charge is -2.40. The van der Waals surface area contributed by atoms with Gasteiger partial charge in [-0.1, -0.05) is 94.9 Å². The van der Waals surface area contributed by atoms with E-state index < -0.39 is 4.05 Å². The van der Waals surface area contributed by atoms with Gasteiger partial charge in [-0.3, -0.25) is 14.7 Å². The quantitative estimate of drug-likeness (QED) is 0.167. The predicted octanol–water partition coefficient (Wildman–Crippen LogP) is 6.75. The average Bonchev–Trinajstić information content (AvgIpc) is 2.99. The molecule has 1 fully saturated rings. The molecule has 0 saturated carbocycles. The summed E-state index contributed by atoms with van der Waals surface area (Å²) in [5.74, 6) is 0.0499. The fourth-order valence-electron chi connectivity index (χ4n) is 4.94. The highest BCUT2D eigenvalue weighted by atomic mass is 127. The van der Waals surface area contributed by atoms with Crippen LogP contribution >= 0.6 is 56.8 Å². The molecule has 35 heavy (non-hydrogen) atoms. The first-order valence-corrected chi connectivity index (χ1v) is 14.7. The van der Waals surface area contributed by atoms with Gasteiger partial charge in [0, 0.05) is 35.3 Å². The molecule has 0 aliphatic carbocycles. The Morgan fingerprint density at radius 3 is 2.31 bits per heavy atom. The van der Waals surface area contributed by atoms with E-state index in [1.807, 2.05) is 53.4 Å². The van der Waals surface area contributed by atoms with Crippen LogP contribution in [0.15, 0.2) is 83.9 Å². The molecule has 2 aliphatic heterocycles. The van der Waals surface area contributed by atoms with Gasteiger partial charge in [-0.25, -0.2) is 0 Å². The maximum absolute atomic E-state index is 13.7. The minimum absolute atomic E-state index is 0.0499. The van der Waals surface area contributed by atoms with Crippen molar-refractivity contribution in [1.29, 1.82) is 0 Å². The number of fused-ring (bicyclic) bond motifs is 1. The van der Waals surface area contributed by atoms with Crippen LogP contribution in [0.2, 0.25) is 5.02 Å². The van der Waals surface area contributed by atoms with Gasteiger partial charge in [0.25, 0.3) is 5.91 Å². The maximum atomic E-state index is 13.7. The molecule has 2 heterocycles. The average molecular weight is 710 g/mol. The third-order valence-electron chi connectivity index (χ3n) is 6.71. The number of carbonyl (C=O) groups is 1. The summed E-state index contributed by atoms with van der Waals surface area (Å²) in [5, 5.41) is 0.648. The second-order valence-corrected chi connectivity index (χ2v) is 12.0. The molecule has 1 saturated heterocycles. The minimum Gasteiger partial charge on any atom is -0.306 e. The van der Waals surface area contributed by atoms with Gasteiger partial charge in [0.15, 0.2) is 4.05 Å². The van der Waals surface area contributed by atoms with Gasteiger partial charge in [0.05, 0.1) is 15.4 Å². The highest BCUT2D eigenvalue weighted by molar-refractivity contribution is 14.1. The molecule has 5 rings (SSSR count). The van der Waals surface area contributed by atoms with E-state index in [2.05, 4.69) is 80.4 Å². The van der Waals surface area contributed by atoms with Crippen LogP contribution in [0.5, 0.6) is 0 Å². The van der Waals surface area contributed by atoms with E-state index >= 15 is 0 Å². The molecule has 2 unspecified atom stereocenters. The standard InChI is InChI=1S/C28H26ClI2N3O/c29-21-11-12-24-23(18-21)26(20-9-5-2-6-10-20)32-27(31)28(35)34(24)22-13-15-33(16-14-22)25(30)17-19-7-3-1-4-8-19/h1-12,18,22,25,27H,13-17H2. The van der Waals surface area contributed by atoms with E-state index in [0.717, 1.165) is 54.9 Å². The Balaban J connectivity index is 1.39. The van der Waals surface area contributed by atoms with Crippen molar-refractivity contribution < 1.29 is 4.79 Å². The number of amides is 1. The summed E-state index contributed by atoms with van der Waals surface area (Å²) < 4.78 is -0.0466. The number of piperidine rings is 1. The first-order valence-electron chi connectivity index (χ1n) is 11.8. The number of alkyl halides is 2. The molecule has 1 amide bonds. The van der Waals surface area contributed by atoms with Crippen LogP contribution in [0.25, 0.3) is 0 Å². The Hall–Kier alpha value is -1.49. The Kier molecular flexibility index (Phi) is 8.11. The number of likely N-dealkylation sites (tertiary alicyclic amines) is 1. The largest absolute Gasteiger partial charge is 0.306 e. The molecule has 2 atom stereocenters. The lowest BCUT2D eigenvalue weighted by atomic mass is 9.97. The normalized spacial score (nSPS) is 20.2. The van der Waals surface area contributed by atoms with Crippen LogP contribution in [0.4, 0.5) is 5.69 Å². The Morgan fingerprint density at radius 2 is 1.63 bits per heavy atom. The van der Waals surface area contributed by atoms with Gasteiger partial charge in [0.1, 0.15) is 0 Å². The summed E-state index contributed by atoms with van der Waals surface area (Å²) in [6, 6.07) is 26.7. The van der Waals surface area contributed by atoms with Crippen LogP contribution in [-0.2, 0) is 11.2 Å². The number of anilines is 1. The summed E-state index contributed by atoms with van der Waals surface area (Å²) >= 11 is 11.2. The Morgan fingerprint density at radius 1 is 0.971 bits per heavy atom. The summed E-state index contributed by atoms with van der Waals surface area (Å²) in [4.78, 5) is 23.1. The van der Waals surface area contributed by atoms with Crippen molar-refractivity contribution in [3.05, 3.63) is 101 Å². The first-order chi connectivity index (χ1) is 17.0. The molecule has 180 valence electrons. The van der Waals surface area contributed by atoms with Gasteiger partial charge >= 0.3 is 0 Å². The van der Waals surface area contributed by atoms with Gasteiger partial charge in [-0.05, 0) is 65.6 Å². The van der Waals surface area contributed by atoms with Gasteiger partial charge < -0.3 is 4.90 Å². The molecule has 7 heteroatoms. The van der Waals surface area contributed by atoms with Crippen LogP contribution in [0.1, 0.15) is 29.5 Å². The van der Waals surface area contributed by atoms with Gasteiger partial charge in [-0.2, -0.15) is 0 Å². The summed E-state index contributed by atoms with van der Waals surface area (Å²) in [6.45, 7) is 1.94. The van der Waals surface area contributed by atoms with E-state index in [1.165, 1.54) is 5.56 Å². The summed E-state index contributed by atoms with van der Waals surface area (Å²) in [7, 11) is 0. The molecular weight excluding hydrogens is 684 g/mol. The lowest BCUT2D eigenvalue weighted by molar-refractivity contribution is -0.118. The van der Waals surface area contributed by atoms with E-state index in [9.17, 15) is 4.79 Å². The lowest BCUT2D eigenvalue weighted by Crippen LogP contribution is -2.50. The third kappa shape index (κ3) is 5.60. The van der Waals surface area contributed by atoms with Crippen molar-refractivity contribution in [3.8, 4) is 0 Å². The highest BCUT2D eigenvalue weighted by Gasteiger charge is 2.37. The molecule has 0 N–H and O–H groups in total. The van der Waals surface area contributed by atoms with Crippen molar-refractivity contribution in [3.63, 3.8) is 0 Å². The van der Waals surface area contributed by atoms with E-state index in [0.29, 0.717) is 9.07 Å². The number of nitrogens with zero attached hydrogens (tertiary/aromatic N) is 3. The third-order valence-corrected chi connectivity index (χ3v) is 8.99. The first kappa shape index (κ1) is 25.2. The van der Waals surface area contributed by atoms with Crippen molar-refractivity contribution >= 4 is 74.1 Å². The zero-order chi connectivity index (χ0) is 24.4. The molecule has 0 bridgehead atoms. The van der Waals surface area contributed by atoms with E-state index in [1.54, 1.807) is 0 Å². The van der Waals surface area contributed by atoms with Crippen molar-refractivity contribution in [2.45, 2.75) is 33.4 Å². The number of halogens is 3. The minimum atomic E-state index is -0.484. The van der Waals surface area contributed by atoms with Gasteiger partial charge in [0.2, 0.25) is 0 Å². The fourth-order valence-corrected chi connectivity index (χ4v) is 6.76. The molecule has 0 aromatic heterocycles. The van der Waals surface area contributed by atoms with Crippen molar-refractivity contribution in [1.82, 2.24) is 4.90 Å². The molecule has 3 aromatic carbocycles. The molecule has 0 radical (unpaired) electrons. The number of carbonyl (C=O) groups excluding carboxylic acids is 1. The summed E-state index contributed by atoms with van der Waals surface area (Å²) in [5.41, 5.74) is 5.02. The fraction of sp³-hybridized carbons (Fsp3) is 0.286.